The highest BCUT2D eigenvalue weighted by atomic mass is 16.5. The Kier molecular flexibility index (Phi) is 16.4. The standard InChI is InChI=1S/2C25H32N2O4/c2*1-18(21-9-5-6-10-22(21)27-15-7-4-8-16-27)26-23(28)17-19-11-13-20(14-12-19)31-25(2,3)24(29)30/h2*5-6,9-14,18H,4,7-8,15-17H2,1-3H3,(H,26,28)(H,29,30)/t2*18-/m10/s1. The third-order valence-corrected chi connectivity index (χ3v) is 11.3. The molecule has 2 saturated heterocycles. The summed E-state index contributed by atoms with van der Waals surface area (Å²) in [6.07, 6.45) is 7.89. The summed E-state index contributed by atoms with van der Waals surface area (Å²) in [5.74, 6) is -1.26. The summed E-state index contributed by atoms with van der Waals surface area (Å²) in [5.41, 5.74) is 3.75. The fourth-order valence-corrected chi connectivity index (χ4v) is 7.69. The summed E-state index contributed by atoms with van der Waals surface area (Å²) in [5, 5.41) is 24.6. The van der Waals surface area contributed by atoms with E-state index in [4.69, 9.17) is 9.47 Å². The number of benzene rings is 4. The number of nitrogens with zero attached hydrogens (tertiary/aromatic N) is 2. The SMILES string of the molecule is C[C@@H](NC(=O)Cc1ccc(OC(C)(C)C(=O)O)cc1)c1ccccc1N1CCCCC1.C[C@H](NC(=O)Cc1ccc(OC(C)(C)C(=O)O)cc1)c1ccccc1N1CCCCC1. The Bertz CT molecular complexity index is 1950. The maximum atomic E-state index is 12.7. The van der Waals surface area contributed by atoms with Crippen molar-refractivity contribution in [2.75, 3.05) is 36.0 Å². The second kappa shape index (κ2) is 21.7. The zero-order valence-electron chi connectivity index (χ0n) is 37.1. The van der Waals surface area contributed by atoms with Crippen LogP contribution < -0.4 is 29.9 Å². The predicted octanol–water partition coefficient (Wildman–Crippen LogP) is 8.68. The number of aliphatic carboxylic acids is 2. The zero-order chi connectivity index (χ0) is 44.9. The highest BCUT2D eigenvalue weighted by Crippen LogP contribution is 2.30. The molecule has 332 valence electrons. The number of ether oxygens (including phenoxy) is 2. The van der Waals surface area contributed by atoms with E-state index in [1.165, 1.54) is 77.6 Å². The van der Waals surface area contributed by atoms with Gasteiger partial charge in [-0.15, -0.1) is 0 Å². The number of hydrogen-bond acceptors (Lipinski definition) is 8. The number of carboxylic acid groups (broad SMARTS) is 2. The Morgan fingerprint density at radius 3 is 1.18 bits per heavy atom. The highest BCUT2D eigenvalue weighted by Gasteiger charge is 2.30. The van der Waals surface area contributed by atoms with Crippen molar-refractivity contribution < 1.29 is 38.9 Å². The van der Waals surface area contributed by atoms with Crippen molar-refractivity contribution in [2.45, 2.75) is 116 Å². The normalized spacial score (nSPS) is 15.3. The Morgan fingerprint density at radius 1 is 0.532 bits per heavy atom. The lowest BCUT2D eigenvalue weighted by Gasteiger charge is -2.32. The molecule has 2 atom stereocenters. The van der Waals surface area contributed by atoms with Crippen LogP contribution in [0.2, 0.25) is 0 Å². The van der Waals surface area contributed by atoms with Crippen molar-refractivity contribution >= 4 is 35.1 Å². The van der Waals surface area contributed by atoms with Gasteiger partial charge in [-0.3, -0.25) is 9.59 Å². The van der Waals surface area contributed by atoms with E-state index < -0.39 is 23.1 Å². The van der Waals surface area contributed by atoms with Gasteiger partial charge in [-0.2, -0.15) is 0 Å². The fourth-order valence-electron chi connectivity index (χ4n) is 7.69. The number of nitrogens with one attached hydrogen (secondary N) is 2. The summed E-state index contributed by atoms with van der Waals surface area (Å²) in [7, 11) is 0. The lowest BCUT2D eigenvalue weighted by atomic mass is 10.0. The van der Waals surface area contributed by atoms with Gasteiger partial charge in [-0.05, 0) is 139 Å². The summed E-state index contributed by atoms with van der Waals surface area (Å²) in [4.78, 5) is 52.5. The van der Waals surface area contributed by atoms with E-state index in [0.29, 0.717) is 11.5 Å². The molecule has 62 heavy (non-hydrogen) atoms. The third-order valence-electron chi connectivity index (χ3n) is 11.3. The summed E-state index contributed by atoms with van der Waals surface area (Å²) in [6.45, 7) is 14.3. The Hall–Kier alpha value is -6.04. The van der Waals surface area contributed by atoms with E-state index in [2.05, 4.69) is 56.8 Å². The van der Waals surface area contributed by atoms with Crippen molar-refractivity contribution in [3.8, 4) is 11.5 Å². The van der Waals surface area contributed by atoms with Crippen LogP contribution in [-0.4, -0.2) is 71.3 Å². The number of carbonyl (C=O) groups excluding carboxylic acids is 2. The summed E-state index contributed by atoms with van der Waals surface area (Å²) < 4.78 is 11.0. The van der Waals surface area contributed by atoms with Crippen LogP contribution in [0.4, 0.5) is 11.4 Å². The van der Waals surface area contributed by atoms with E-state index in [0.717, 1.165) is 48.4 Å². The van der Waals surface area contributed by atoms with Crippen LogP contribution in [0.3, 0.4) is 0 Å². The Balaban J connectivity index is 0.000000234. The minimum atomic E-state index is -1.31. The van der Waals surface area contributed by atoms with E-state index >= 15 is 0 Å². The topological polar surface area (TPSA) is 158 Å². The lowest BCUT2D eigenvalue weighted by molar-refractivity contribution is -0.152. The average molecular weight is 849 g/mol. The number of carbonyl (C=O) groups is 4. The molecule has 12 heteroatoms. The maximum absolute atomic E-state index is 12.7. The van der Waals surface area contributed by atoms with E-state index in [1.807, 2.05) is 26.0 Å². The van der Waals surface area contributed by atoms with Gasteiger partial charge >= 0.3 is 11.9 Å². The van der Waals surface area contributed by atoms with Gasteiger partial charge < -0.3 is 40.1 Å². The highest BCUT2D eigenvalue weighted by molar-refractivity contribution is 5.80. The molecule has 12 nitrogen and oxygen atoms in total. The third kappa shape index (κ3) is 13.5. The van der Waals surface area contributed by atoms with Gasteiger partial charge in [0.15, 0.2) is 11.2 Å². The van der Waals surface area contributed by atoms with Crippen molar-refractivity contribution in [1.29, 1.82) is 0 Å². The maximum Gasteiger partial charge on any atom is 0.347 e. The van der Waals surface area contributed by atoms with Crippen LogP contribution in [0.5, 0.6) is 11.5 Å². The van der Waals surface area contributed by atoms with Gasteiger partial charge in [-0.1, -0.05) is 60.7 Å². The number of carboxylic acids is 2. The van der Waals surface area contributed by atoms with Crippen LogP contribution >= 0.6 is 0 Å². The summed E-state index contributed by atoms with van der Waals surface area (Å²) in [6, 6.07) is 30.4. The van der Waals surface area contributed by atoms with Crippen molar-refractivity contribution in [3.63, 3.8) is 0 Å². The molecule has 2 aliphatic rings. The number of para-hydroxylation sites is 2. The number of hydrogen-bond donors (Lipinski definition) is 4. The molecule has 6 rings (SSSR count). The molecule has 0 unspecified atom stereocenters. The van der Waals surface area contributed by atoms with Crippen molar-refractivity contribution in [1.82, 2.24) is 10.6 Å². The number of piperidine rings is 2. The molecule has 0 aliphatic carbocycles. The quantitative estimate of drug-likeness (QED) is 0.0860. The largest absolute Gasteiger partial charge is 0.478 e. The van der Waals surface area contributed by atoms with Crippen molar-refractivity contribution in [2.24, 2.45) is 0 Å². The molecule has 4 N–H and O–H groups in total. The molecule has 2 fully saturated rings. The molecule has 0 saturated carbocycles. The fraction of sp³-hybridized carbons (Fsp3) is 0.440. The van der Waals surface area contributed by atoms with E-state index in [-0.39, 0.29) is 36.7 Å². The van der Waals surface area contributed by atoms with E-state index in [1.54, 1.807) is 48.5 Å². The van der Waals surface area contributed by atoms with Crippen LogP contribution in [0.1, 0.15) is 114 Å². The van der Waals surface area contributed by atoms with E-state index in [9.17, 15) is 29.4 Å². The molecule has 0 spiro atoms. The first-order chi connectivity index (χ1) is 29.5. The van der Waals surface area contributed by atoms with Crippen molar-refractivity contribution in [3.05, 3.63) is 119 Å². The van der Waals surface area contributed by atoms with Gasteiger partial charge in [0, 0.05) is 37.6 Å². The Labute approximate surface area is 366 Å². The predicted molar refractivity (Wildman–Crippen MR) is 243 cm³/mol. The molecule has 0 aromatic heterocycles. The van der Waals surface area contributed by atoms with Gasteiger partial charge in [-0.25, -0.2) is 9.59 Å². The lowest BCUT2D eigenvalue weighted by Crippen LogP contribution is -2.37. The zero-order valence-corrected chi connectivity index (χ0v) is 37.1. The van der Waals surface area contributed by atoms with Crippen LogP contribution in [-0.2, 0) is 32.0 Å². The first-order valence-electron chi connectivity index (χ1n) is 21.8. The van der Waals surface area contributed by atoms with Gasteiger partial charge in [0.2, 0.25) is 11.8 Å². The van der Waals surface area contributed by atoms with Crippen LogP contribution in [0, 0.1) is 0 Å². The number of amides is 2. The van der Waals surface area contributed by atoms with Crippen LogP contribution in [0.15, 0.2) is 97.1 Å². The molecule has 4 aromatic rings. The molecule has 2 amide bonds. The Morgan fingerprint density at radius 2 is 0.855 bits per heavy atom. The van der Waals surface area contributed by atoms with Gasteiger partial charge in [0.1, 0.15) is 11.5 Å². The average Bonchev–Trinajstić information content (AvgIpc) is 3.25. The minimum Gasteiger partial charge on any atom is -0.478 e. The molecule has 4 aromatic carbocycles. The molecule has 2 heterocycles. The second-order valence-electron chi connectivity index (χ2n) is 17.3. The second-order valence-corrected chi connectivity index (χ2v) is 17.3. The molecule has 0 radical (unpaired) electrons. The first kappa shape index (κ1) is 47.0. The van der Waals surface area contributed by atoms with Crippen LogP contribution in [0.25, 0.3) is 0 Å². The molecule has 0 bridgehead atoms. The molecule has 2 aliphatic heterocycles. The van der Waals surface area contributed by atoms with Gasteiger partial charge in [0.25, 0.3) is 0 Å². The monoisotopic (exact) mass is 848 g/mol. The van der Waals surface area contributed by atoms with Gasteiger partial charge in [0.05, 0.1) is 24.9 Å². The summed E-state index contributed by atoms with van der Waals surface area (Å²) >= 11 is 0. The molecular formula is C50H64N4O8. The molecular weight excluding hydrogens is 785 g/mol. The smallest absolute Gasteiger partial charge is 0.347 e. The minimum absolute atomic E-state index is 0.0551. The number of anilines is 2. The first-order valence-corrected chi connectivity index (χ1v) is 21.8. The number of rotatable bonds is 16.